The second kappa shape index (κ2) is 7.48. The van der Waals surface area contributed by atoms with Crippen LogP contribution in [0.2, 0.25) is 0 Å². The fourth-order valence-electron chi connectivity index (χ4n) is 1.77. The molecule has 0 spiro atoms. The Balaban J connectivity index is 1.88. The molecule has 0 bridgehead atoms. The SMILES string of the molecule is Cc1cc(Br)c(NCCOc2cccc(Br)c2)c(Br)c1. The number of rotatable bonds is 5. The Bertz CT molecular complexity index is 578. The summed E-state index contributed by atoms with van der Waals surface area (Å²) in [6.07, 6.45) is 0. The van der Waals surface area contributed by atoms with E-state index in [9.17, 15) is 0 Å². The van der Waals surface area contributed by atoms with E-state index >= 15 is 0 Å². The van der Waals surface area contributed by atoms with Gasteiger partial charge in [-0.1, -0.05) is 22.0 Å². The zero-order valence-corrected chi connectivity index (χ0v) is 15.7. The molecule has 0 saturated carbocycles. The molecule has 0 heterocycles. The highest BCUT2D eigenvalue weighted by molar-refractivity contribution is 9.11. The zero-order chi connectivity index (χ0) is 14.5. The minimum Gasteiger partial charge on any atom is -0.492 e. The molecule has 1 N–H and O–H groups in total. The number of hydrogen-bond donors (Lipinski definition) is 1. The first-order valence-corrected chi connectivity index (χ1v) is 8.52. The van der Waals surface area contributed by atoms with Crippen molar-refractivity contribution in [3.63, 3.8) is 0 Å². The van der Waals surface area contributed by atoms with Gasteiger partial charge in [0.15, 0.2) is 0 Å². The van der Waals surface area contributed by atoms with Gasteiger partial charge >= 0.3 is 0 Å². The van der Waals surface area contributed by atoms with Gasteiger partial charge in [0.1, 0.15) is 12.4 Å². The van der Waals surface area contributed by atoms with E-state index in [4.69, 9.17) is 4.74 Å². The molecule has 0 amide bonds. The Morgan fingerprint density at radius 1 is 1.05 bits per heavy atom. The number of nitrogens with one attached hydrogen (secondary N) is 1. The van der Waals surface area contributed by atoms with Crippen molar-refractivity contribution in [3.05, 3.63) is 55.4 Å². The predicted octanol–water partition coefficient (Wildman–Crippen LogP) is 5.77. The first kappa shape index (κ1) is 15.9. The van der Waals surface area contributed by atoms with Crippen LogP contribution in [0.4, 0.5) is 5.69 Å². The van der Waals surface area contributed by atoms with Crippen LogP contribution in [0.1, 0.15) is 5.56 Å². The van der Waals surface area contributed by atoms with Crippen LogP contribution in [0.3, 0.4) is 0 Å². The predicted molar refractivity (Wildman–Crippen MR) is 94.7 cm³/mol. The summed E-state index contributed by atoms with van der Waals surface area (Å²) in [5, 5.41) is 3.36. The average molecular weight is 464 g/mol. The Kier molecular flexibility index (Phi) is 5.93. The summed E-state index contributed by atoms with van der Waals surface area (Å²) in [5.41, 5.74) is 2.26. The molecule has 0 aliphatic carbocycles. The molecule has 0 saturated heterocycles. The maximum absolute atomic E-state index is 5.69. The standard InChI is InChI=1S/C15H14Br3NO/c1-10-7-13(17)15(14(18)8-10)19-5-6-20-12-4-2-3-11(16)9-12/h2-4,7-9,19H,5-6H2,1H3. The van der Waals surface area contributed by atoms with Gasteiger partial charge in [0, 0.05) is 20.0 Å². The van der Waals surface area contributed by atoms with Crippen LogP contribution >= 0.6 is 47.8 Å². The molecule has 0 atom stereocenters. The van der Waals surface area contributed by atoms with Crippen LogP contribution in [-0.2, 0) is 0 Å². The van der Waals surface area contributed by atoms with Gasteiger partial charge in [-0.25, -0.2) is 0 Å². The van der Waals surface area contributed by atoms with Crippen molar-refractivity contribution < 1.29 is 4.74 Å². The van der Waals surface area contributed by atoms with Crippen molar-refractivity contribution in [2.45, 2.75) is 6.92 Å². The first-order chi connectivity index (χ1) is 9.56. The normalized spacial score (nSPS) is 10.4. The minimum atomic E-state index is 0.600. The summed E-state index contributed by atoms with van der Waals surface area (Å²) >= 11 is 10.6. The van der Waals surface area contributed by atoms with E-state index in [1.807, 2.05) is 24.3 Å². The van der Waals surface area contributed by atoms with Crippen molar-refractivity contribution in [3.8, 4) is 5.75 Å². The molecule has 0 fully saturated rings. The van der Waals surface area contributed by atoms with Crippen LogP contribution in [-0.4, -0.2) is 13.2 Å². The third-order valence-electron chi connectivity index (χ3n) is 2.66. The van der Waals surface area contributed by atoms with Gasteiger partial charge in [0.05, 0.1) is 5.69 Å². The summed E-state index contributed by atoms with van der Waals surface area (Å²) in [4.78, 5) is 0. The average Bonchev–Trinajstić information content (AvgIpc) is 2.36. The van der Waals surface area contributed by atoms with Gasteiger partial charge in [-0.2, -0.15) is 0 Å². The summed E-state index contributed by atoms with van der Waals surface area (Å²) in [5.74, 6) is 0.864. The third kappa shape index (κ3) is 4.50. The van der Waals surface area contributed by atoms with Crippen LogP contribution < -0.4 is 10.1 Å². The fraction of sp³-hybridized carbons (Fsp3) is 0.200. The van der Waals surface area contributed by atoms with Gasteiger partial charge in [-0.05, 0) is 74.7 Å². The Morgan fingerprint density at radius 3 is 2.40 bits per heavy atom. The maximum atomic E-state index is 5.69. The Morgan fingerprint density at radius 2 is 1.75 bits per heavy atom. The molecule has 2 aromatic carbocycles. The van der Waals surface area contributed by atoms with E-state index in [1.54, 1.807) is 0 Å². The highest BCUT2D eigenvalue weighted by Crippen LogP contribution is 2.32. The second-order valence-electron chi connectivity index (χ2n) is 4.34. The van der Waals surface area contributed by atoms with E-state index in [0.29, 0.717) is 6.61 Å². The quantitative estimate of drug-likeness (QED) is 0.568. The highest BCUT2D eigenvalue weighted by Gasteiger charge is 2.05. The van der Waals surface area contributed by atoms with Crippen molar-refractivity contribution in [2.75, 3.05) is 18.5 Å². The third-order valence-corrected chi connectivity index (χ3v) is 4.40. The lowest BCUT2D eigenvalue weighted by atomic mass is 10.2. The van der Waals surface area contributed by atoms with Crippen LogP contribution in [0.25, 0.3) is 0 Å². The van der Waals surface area contributed by atoms with Gasteiger partial charge in [-0.3, -0.25) is 0 Å². The van der Waals surface area contributed by atoms with Crippen LogP contribution in [0.5, 0.6) is 5.75 Å². The van der Waals surface area contributed by atoms with E-state index < -0.39 is 0 Å². The molecule has 0 unspecified atom stereocenters. The van der Waals surface area contributed by atoms with Crippen molar-refractivity contribution >= 4 is 53.5 Å². The molecular weight excluding hydrogens is 450 g/mol. The number of halogens is 3. The molecule has 2 aromatic rings. The molecule has 0 aliphatic heterocycles. The molecule has 5 heteroatoms. The summed E-state index contributed by atoms with van der Waals surface area (Å²) < 4.78 is 8.81. The van der Waals surface area contributed by atoms with E-state index in [1.165, 1.54) is 5.56 Å². The molecule has 106 valence electrons. The number of ether oxygens (including phenoxy) is 1. The molecule has 0 aliphatic rings. The molecule has 0 aromatic heterocycles. The minimum absolute atomic E-state index is 0.600. The number of aryl methyl sites for hydroxylation is 1. The molecule has 2 nitrogen and oxygen atoms in total. The van der Waals surface area contributed by atoms with Gasteiger partial charge in [0.25, 0.3) is 0 Å². The van der Waals surface area contributed by atoms with E-state index in [0.717, 1.165) is 31.4 Å². The van der Waals surface area contributed by atoms with Gasteiger partial charge in [0.2, 0.25) is 0 Å². The lowest BCUT2D eigenvalue weighted by Crippen LogP contribution is -2.12. The Labute approximate surface area is 144 Å². The molecular formula is C15H14Br3NO. The largest absolute Gasteiger partial charge is 0.492 e. The lowest BCUT2D eigenvalue weighted by Gasteiger charge is -2.12. The van der Waals surface area contributed by atoms with Crippen LogP contribution in [0.15, 0.2) is 49.8 Å². The van der Waals surface area contributed by atoms with Crippen molar-refractivity contribution in [2.24, 2.45) is 0 Å². The summed E-state index contributed by atoms with van der Waals surface area (Å²) in [6, 6.07) is 12.0. The summed E-state index contributed by atoms with van der Waals surface area (Å²) in [7, 11) is 0. The lowest BCUT2D eigenvalue weighted by molar-refractivity contribution is 0.332. The monoisotopic (exact) mass is 461 g/mol. The molecule has 20 heavy (non-hydrogen) atoms. The van der Waals surface area contributed by atoms with Crippen molar-refractivity contribution in [1.82, 2.24) is 0 Å². The smallest absolute Gasteiger partial charge is 0.120 e. The van der Waals surface area contributed by atoms with Crippen LogP contribution in [0, 0.1) is 6.92 Å². The maximum Gasteiger partial charge on any atom is 0.120 e. The topological polar surface area (TPSA) is 21.3 Å². The summed E-state index contributed by atoms with van der Waals surface area (Å²) in [6.45, 7) is 3.39. The van der Waals surface area contributed by atoms with Crippen molar-refractivity contribution in [1.29, 1.82) is 0 Å². The highest BCUT2D eigenvalue weighted by atomic mass is 79.9. The van der Waals surface area contributed by atoms with E-state index in [-0.39, 0.29) is 0 Å². The van der Waals surface area contributed by atoms with Gasteiger partial charge in [-0.15, -0.1) is 0 Å². The number of benzene rings is 2. The zero-order valence-electron chi connectivity index (χ0n) is 10.9. The molecule has 2 rings (SSSR count). The van der Waals surface area contributed by atoms with Gasteiger partial charge < -0.3 is 10.1 Å². The first-order valence-electron chi connectivity index (χ1n) is 6.14. The Hall–Kier alpha value is -0.520. The second-order valence-corrected chi connectivity index (χ2v) is 6.96. The molecule has 0 radical (unpaired) electrons. The number of anilines is 1. The fourth-order valence-corrected chi connectivity index (χ4v) is 3.84. The van der Waals surface area contributed by atoms with E-state index in [2.05, 4.69) is 72.2 Å². The number of hydrogen-bond acceptors (Lipinski definition) is 2.